The van der Waals surface area contributed by atoms with E-state index in [2.05, 4.69) is 10.6 Å². The molecule has 37 heavy (non-hydrogen) atoms. The molecule has 0 saturated carbocycles. The lowest BCUT2D eigenvalue weighted by Gasteiger charge is -2.27. The highest BCUT2D eigenvalue weighted by atomic mass is 32.1. The molecule has 1 aliphatic heterocycles. The summed E-state index contributed by atoms with van der Waals surface area (Å²) in [5.41, 5.74) is 2.95. The Balaban J connectivity index is 1.45. The van der Waals surface area contributed by atoms with Crippen LogP contribution < -0.4 is 10.6 Å². The van der Waals surface area contributed by atoms with Crippen LogP contribution in [-0.2, 0) is 17.5 Å². The molecule has 3 aromatic carbocycles. The van der Waals surface area contributed by atoms with Crippen molar-refractivity contribution in [1.29, 1.82) is 0 Å². The largest absolute Gasteiger partial charge is 0.480 e. The Morgan fingerprint density at radius 2 is 1.62 bits per heavy atom. The van der Waals surface area contributed by atoms with E-state index in [1.807, 2.05) is 24.3 Å². The van der Waals surface area contributed by atoms with Gasteiger partial charge in [0.25, 0.3) is 5.91 Å². The van der Waals surface area contributed by atoms with Crippen molar-refractivity contribution in [3.8, 4) is 11.1 Å². The maximum Gasteiger partial charge on any atom is 0.416 e. The summed E-state index contributed by atoms with van der Waals surface area (Å²) in [7, 11) is 0. The van der Waals surface area contributed by atoms with Crippen LogP contribution in [0.3, 0.4) is 0 Å². The number of benzene rings is 3. The van der Waals surface area contributed by atoms with Crippen LogP contribution in [0.25, 0.3) is 11.1 Å². The first-order valence-electron chi connectivity index (χ1n) is 11.5. The van der Waals surface area contributed by atoms with E-state index in [9.17, 15) is 27.9 Å². The minimum absolute atomic E-state index is 0.133. The first-order valence-corrected chi connectivity index (χ1v) is 11.9. The van der Waals surface area contributed by atoms with Crippen LogP contribution >= 0.6 is 12.2 Å². The average molecular weight is 528 g/mol. The predicted molar refractivity (Wildman–Crippen MR) is 139 cm³/mol. The number of carbonyl (C=O) groups is 2. The van der Waals surface area contributed by atoms with Gasteiger partial charge in [0.15, 0.2) is 5.11 Å². The summed E-state index contributed by atoms with van der Waals surface area (Å²) in [5, 5.41) is 15.4. The van der Waals surface area contributed by atoms with Crippen molar-refractivity contribution in [2.75, 3.05) is 10.6 Å². The Bertz CT molecular complexity index is 1360. The third-order valence-electron chi connectivity index (χ3n) is 6.09. The van der Waals surface area contributed by atoms with Gasteiger partial charge < -0.3 is 20.6 Å². The molecule has 0 spiro atoms. The molecule has 0 aromatic heterocycles. The maximum absolute atomic E-state index is 13.0. The smallest absolute Gasteiger partial charge is 0.416 e. The van der Waals surface area contributed by atoms with Gasteiger partial charge in [0.1, 0.15) is 6.04 Å². The molecule has 0 bridgehead atoms. The molecule has 0 radical (unpaired) electrons. The van der Waals surface area contributed by atoms with Crippen LogP contribution in [0.1, 0.15) is 35.3 Å². The number of hydrogen-bond acceptors (Lipinski definition) is 3. The van der Waals surface area contributed by atoms with Crippen molar-refractivity contribution >= 4 is 40.6 Å². The second-order valence-electron chi connectivity index (χ2n) is 9.07. The number of hydrogen-bond donors (Lipinski definition) is 3. The molecule has 1 aliphatic rings. The molecule has 0 fully saturated rings. The summed E-state index contributed by atoms with van der Waals surface area (Å²) >= 11 is 5.23. The van der Waals surface area contributed by atoms with Crippen molar-refractivity contribution in [1.82, 2.24) is 4.90 Å². The molecule has 1 atom stereocenters. The maximum atomic E-state index is 13.0. The summed E-state index contributed by atoms with van der Waals surface area (Å²) < 4.78 is 38.8. The monoisotopic (exact) mass is 527 g/mol. The summed E-state index contributed by atoms with van der Waals surface area (Å²) in [6.07, 6.45) is -4.45. The van der Waals surface area contributed by atoms with Crippen LogP contribution in [0.4, 0.5) is 24.5 Å². The molecular weight excluding hydrogens is 503 g/mol. The number of fused-ring (bicyclic) bond motifs is 1. The van der Waals surface area contributed by atoms with E-state index in [0.717, 1.165) is 28.8 Å². The number of thiocarbonyl (C=S) groups is 1. The fourth-order valence-electron chi connectivity index (χ4n) is 4.32. The number of rotatable bonds is 6. The summed E-state index contributed by atoms with van der Waals surface area (Å²) in [6.45, 7) is 3.80. The topological polar surface area (TPSA) is 81.7 Å². The second kappa shape index (κ2) is 10.2. The standard InChI is InChI=1S/C27H24F3N3O3S/c1-15(2)23(25(35)36)33-14-18-7-6-17(12-22(18)24(33)34)16-8-10-20(11-9-16)31-26(37)32-21-5-3-4-19(13-21)27(28,29)30/h3-13,15,23H,14H2,1-2H3,(H,35,36)(H2,31,32,37)/t23-/m0/s1. The molecule has 6 nitrogen and oxygen atoms in total. The van der Waals surface area contributed by atoms with Gasteiger partial charge in [-0.25, -0.2) is 4.79 Å². The number of anilines is 2. The average Bonchev–Trinajstić information content (AvgIpc) is 3.14. The van der Waals surface area contributed by atoms with E-state index in [-0.39, 0.29) is 29.2 Å². The number of amides is 1. The van der Waals surface area contributed by atoms with Gasteiger partial charge in [-0.05, 0) is 71.2 Å². The van der Waals surface area contributed by atoms with Crippen LogP contribution in [0.5, 0.6) is 0 Å². The number of carbonyl (C=O) groups excluding carboxylic acids is 1. The van der Waals surface area contributed by atoms with Crippen LogP contribution in [0, 0.1) is 5.92 Å². The molecule has 0 aliphatic carbocycles. The first-order chi connectivity index (χ1) is 17.4. The van der Waals surface area contributed by atoms with E-state index in [0.29, 0.717) is 11.3 Å². The second-order valence-corrected chi connectivity index (χ2v) is 9.48. The van der Waals surface area contributed by atoms with E-state index in [1.165, 1.54) is 17.0 Å². The molecular formula is C27H24F3N3O3S. The summed E-state index contributed by atoms with van der Waals surface area (Å²) in [4.78, 5) is 26.1. The van der Waals surface area contributed by atoms with E-state index in [4.69, 9.17) is 12.2 Å². The number of carboxylic acids is 1. The normalized spacial score (nSPS) is 13.9. The zero-order chi connectivity index (χ0) is 26.9. The zero-order valence-corrected chi connectivity index (χ0v) is 20.8. The lowest BCUT2D eigenvalue weighted by atomic mass is 10.00. The first kappa shape index (κ1) is 26.2. The fraction of sp³-hybridized carbons (Fsp3) is 0.222. The highest BCUT2D eigenvalue weighted by molar-refractivity contribution is 7.80. The molecule has 1 heterocycles. The SMILES string of the molecule is CC(C)[C@@H](C(=O)O)N1Cc2ccc(-c3ccc(NC(=S)Nc4cccc(C(F)(F)F)c4)cc3)cc2C1=O. The molecule has 0 unspecified atom stereocenters. The molecule has 4 rings (SSSR count). The number of halogens is 3. The van der Waals surface area contributed by atoms with Crippen molar-refractivity contribution in [2.24, 2.45) is 5.92 Å². The van der Waals surface area contributed by atoms with Gasteiger partial charge in [-0.3, -0.25) is 4.79 Å². The molecule has 3 N–H and O–H groups in total. The highest BCUT2D eigenvalue weighted by Crippen LogP contribution is 2.32. The summed E-state index contributed by atoms with van der Waals surface area (Å²) in [6, 6.07) is 16.5. The molecule has 3 aromatic rings. The quantitative estimate of drug-likeness (QED) is 0.329. The third kappa shape index (κ3) is 5.75. The number of nitrogens with one attached hydrogen (secondary N) is 2. The zero-order valence-electron chi connectivity index (χ0n) is 20.0. The molecule has 192 valence electrons. The Morgan fingerprint density at radius 3 is 2.24 bits per heavy atom. The van der Waals surface area contributed by atoms with Gasteiger partial charge in [0.2, 0.25) is 0 Å². The Labute approximate surface area is 217 Å². The predicted octanol–water partition coefficient (Wildman–Crippen LogP) is 6.25. The number of alkyl halides is 3. The Hall–Kier alpha value is -3.92. The highest BCUT2D eigenvalue weighted by Gasteiger charge is 2.38. The lowest BCUT2D eigenvalue weighted by Crippen LogP contribution is -2.44. The molecule has 0 saturated heterocycles. The van der Waals surface area contributed by atoms with Gasteiger partial charge in [-0.2, -0.15) is 13.2 Å². The van der Waals surface area contributed by atoms with Crippen LogP contribution in [0.2, 0.25) is 0 Å². The molecule has 10 heteroatoms. The van der Waals surface area contributed by atoms with Crippen molar-refractivity contribution < 1.29 is 27.9 Å². The summed E-state index contributed by atoms with van der Waals surface area (Å²) in [5.74, 6) is -1.56. The van der Waals surface area contributed by atoms with E-state index < -0.39 is 23.8 Å². The van der Waals surface area contributed by atoms with Gasteiger partial charge in [0, 0.05) is 23.5 Å². The van der Waals surface area contributed by atoms with Crippen LogP contribution in [0.15, 0.2) is 66.7 Å². The van der Waals surface area contributed by atoms with Crippen molar-refractivity contribution in [2.45, 2.75) is 32.6 Å². The lowest BCUT2D eigenvalue weighted by molar-refractivity contribution is -0.144. The van der Waals surface area contributed by atoms with Gasteiger partial charge in [0.05, 0.1) is 5.56 Å². The van der Waals surface area contributed by atoms with Crippen molar-refractivity contribution in [3.05, 3.63) is 83.4 Å². The minimum Gasteiger partial charge on any atom is -0.480 e. The van der Waals surface area contributed by atoms with Crippen LogP contribution in [-0.4, -0.2) is 33.0 Å². The van der Waals surface area contributed by atoms with E-state index in [1.54, 1.807) is 32.0 Å². The van der Waals surface area contributed by atoms with Gasteiger partial charge in [-0.15, -0.1) is 0 Å². The minimum atomic E-state index is -4.45. The van der Waals surface area contributed by atoms with Crippen molar-refractivity contribution in [3.63, 3.8) is 0 Å². The Kier molecular flexibility index (Phi) is 7.22. The number of carboxylic acid groups (broad SMARTS) is 1. The molecule has 1 amide bonds. The third-order valence-corrected chi connectivity index (χ3v) is 6.29. The Morgan fingerprint density at radius 1 is 0.973 bits per heavy atom. The number of aliphatic carboxylic acids is 1. The number of nitrogens with zero attached hydrogens (tertiary/aromatic N) is 1. The van der Waals surface area contributed by atoms with Gasteiger partial charge >= 0.3 is 12.1 Å². The fourth-order valence-corrected chi connectivity index (χ4v) is 4.55. The van der Waals surface area contributed by atoms with E-state index >= 15 is 0 Å². The van der Waals surface area contributed by atoms with Gasteiger partial charge in [-0.1, -0.05) is 44.2 Å².